The van der Waals surface area contributed by atoms with Crippen LogP contribution in [0.1, 0.15) is 41.2 Å². The quantitative estimate of drug-likeness (QED) is 0.826. The number of aromatic amines is 1. The molecule has 28 heavy (non-hydrogen) atoms. The summed E-state index contributed by atoms with van der Waals surface area (Å²) in [5.41, 5.74) is 0.937. The van der Waals surface area contributed by atoms with Gasteiger partial charge in [-0.1, -0.05) is 5.16 Å². The van der Waals surface area contributed by atoms with Crippen molar-refractivity contribution >= 4 is 11.8 Å². The van der Waals surface area contributed by atoms with Gasteiger partial charge in [-0.3, -0.25) is 9.59 Å². The van der Waals surface area contributed by atoms with Crippen molar-refractivity contribution in [2.45, 2.75) is 38.6 Å². The summed E-state index contributed by atoms with van der Waals surface area (Å²) in [6, 6.07) is 5.12. The molecule has 2 amide bonds. The molecule has 2 atom stereocenters. The molecule has 2 N–H and O–H groups in total. The molecule has 4 heterocycles. The predicted molar refractivity (Wildman–Crippen MR) is 101 cm³/mol. The van der Waals surface area contributed by atoms with Gasteiger partial charge >= 0.3 is 0 Å². The van der Waals surface area contributed by atoms with Crippen molar-refractivity contribution < 1.29 is 19.2 Å². The van der Waals surface area contributed by atoms with E-state index in [0.717, 1.165) is 18.5 Å². The highest BCUT2D eigenvalue weighted by molar-refractivity contribution is 5.92. The lowest BCUT2D eigenvalue weighted by molar-refractivity contribution is -0.145. The molecule has 0 bridgehead atoms. The van der Waals surface area contributed by atoms with E-state index in [4.69, 9.17) is 4.52 Å². The first-order valence-corrected chi connectivity index (χ1v) is 9.77. The van der Waals surface area contributed by atoms with Crippen LogP contribution in [0.3, 0.4) is 0 Å². The van der Waals surface area contributed by atoms with Crippen LogP contribution in [-0.4, -0.2) is 69.1 Å². The van der Waals surface area contributed by atoms with Crippen molar-refractivity contribution in [2.75, 3.05) is 26.2 Å². The number of carbonyl (C=O) groups excluding carboxylic acids is 2. The van der Waals surface area contributed by atoms with Gasteiger partial charge in [-0.05, 0) is 38.3 Å². The number of aliphatic hydroxyl groups is 1. The Kier molecular flexibility index (Phi) is 4.97. The molecule has 2 aromatic rings. The minimum absolute atomic E-state index is 0.0212. The molecular formula is C20H26N4O4. The van der Waals surface area contributed by atoms with Crippen LogP contribution in [-0.2, 0) is 11.2 Å². The van der Waals surface area contributed by atoms with Gasteiger partial charge in [0.15, 0.2) is 0 Å². The molecule has 0 aromatic carbocycles. The lowest BCUT2D eigenvalue weighted by atomic mass is 9.68. The number of aryl methyl sites for hydroxylation is 1. The van der Waals surface area contributed by atoms with Gasteiger partial charge in [0, 0.05) is 37.3 Å². The van der Waals surface area contributed by atoms with Gasteiger partial charge in [0.25, 0.3) is 5.91 Å². The molecule has 8 nitrogen and oxygen atoms in total. The highest BCUT2D eigenvalue weighted by Gasteiger charge is 2.49. The zero-order valence-electron chi connectivity index (χ0n) is 16.1. The van der Waals surface area contributed by atoms with E-state index in [1.807, 2.05) is 11.8 Å². The number of aliphatic hydroxyl groups excluding tert-OH is 1. The number of fused-ring (bicyclic) bond motifs is 1. The van der Waals surface area contributed by atoms with Gasteiger partial charge < -0.3 is 24.4 Å². The Morgan fingerprint density at radius 2 is 2.25 bits per heavy atom. The summed E-state index contributed by atoms with van der Waals surface area (Å²) in [6.07, 6.45) is 4.27. The van der Waals surface area contributed by atoms with Crippen LogP contribution in [0.5, 0.6) is 0 Å². The van der Waals surface area contributed by atoms with E-state index >= 15 is 0 Å². The highest BCUT2D eigenvalue weighted by Crippen LogP contribution is 2.42. The smallest absolute Gasteiger partial charge is 0.270 e. The van der Waals surface area contributed by atoms with Crippen LogP contribution in [0, 0.1) is 12.3 Å². The summed E-state index contributed by atoms with van der Waals surface area (Å²) < 4.78 is 5.21. The molecule has 2 saturated heterocycles. The van der Waals surface area contributed by atoms with Crippen LogP contribution >= 0.6 is 0 Å². The number of hydrogen-bond donors (Lipinski definition) is 2. The molecule has 8 heteroatoms. The first kappa shape index (κ1) is 18.7. The first-order valence-electron chi connectivity index (χ1n) is 9.77. The highest BCUT2D eigenvalue weighted by atomic mass is 16.5. The summed E-state index contributed by atoms with van der Waals surface area (Å²) in [5, 5.41) is 14.1. The van der Waals surface area contributed by atoms with Crippen molar-refractivity contribution in [3.05, 3.63) is 41.5 Å². The third kappa shape index (κ3) is 3.32. The van der Waals surface area contributed by atoms with E-state index in [9.17, 15) is 14.7 Å². The number of nitrogens with zero attached hydrogens (tertiary/aromatic N) is 3. The van der Waals surface area contributed by atoms with Gasteiger partial charge in [-0.2, -0.15) is 0 Å². The maximum absolute atomic E-state index is 13.0. The van der Waals surface area contributed by atoms with Gasteiger partial charge in [-0.25, -0.2) is 0 Å². The van der Waals surface area contributed by atoms with Gasteiger partial charge in [0.1, 0.15) is 11.5 Å². The minimum atomic E-state index is -0.349. The molecular weight excluding hydrogens is 360 g/mol. The molecule has 2 aromatic heterocycles. The molecule has 0 unspecified atom stereocenters. The summed E-state index contributed by atoms with van der Waals surface area (Å²) >= 11 is 0. The lowest BCUT2D eigenvalue weighted by Gasteiger charge is -2.54. The van der Waals surface area contributed by atoms with E-state index in [1.165, 1.54) is 0 Å². The van der Waals surface area contributed by atoms with E-state index in [2.05, 4.69) is 10.1 Å². The molecule has 0 aliphatic carbocycles. The second-order valence-electron chi connectivity index (χ2n) is 7.92. The van der Waals surface area contributed by atoms with E-state index in [1.54, 1.807) is 29.3 Å². The molecule has 0 saturated carbocycles. The maximum atomic E-state index is 13.0. The SMILES string of the molecule is Cc1cc(CC(=O)N2CCC[C@@]3(CO)CCN(C(=O)c4ccc[nH]4)C[C@H]23)on1. The Morgan fingerprint density at radius 3 is 2.93 bits per heavy atom. The van der Waals surface area contributed by atoms with Gasteiger partial charge in [0.05, 0.1) is 24.8 Å². The lowest BCUT2D eigenvalue weighted by Crippen LogP contribution is -2.64. The van der Waals surface area contributed by atoms with Crippen LogP contribution in [0.25, 0.3) is 0 Å². The van der Waals surface area contributed by atoms with Crippen molar-refractivity contribution in [3.63, 3.8) is 0 Å². The average molecular weight is 386 g/mol. The molecule has 2 fully saturated rings. The number of rotatable bonds is 4. The number of piperidine rings is 2. The number of nitrogens with one attached hydrogen (secondary N) is 1. The second-order valence-corrected chi connectivity index (χ2v) is 7.92. The fraction of sp³-hybridized carbons (Fsp3) is 0.550. The van der Waals surface area contributed by atoms with E-state index < -0.39 is 0 Å². The standard InChI is InChI=1S/C20H26N4O4/c1-14-10-15(28-22-14)11-18(26)24-8-3-5-20(13-25)6-9-23(12-17(20)24)19(27)16-4-2-7-21-16/h2,4,7,10,17,21,25H,3,5-6,8-9,11-13H2,1H3/t17-,20-/m0/s1. The Labute approximate surface area is 163 Å². The molecule has 150 valence electrons. The zero-order chi connectivity index (χ0) is 19.7. The normalized spacial score (nSPS) is 24.9. The number of hydrogen-bond acceptors (Lipinski definition) is 5. The molecule has 0 radical (unpaired) electrons. The predicted octanol–water partition coefficient (Wildman–Crippen LogP) is 1.37. The Morgan fingerprint density at radius 1 is 1.39 bits per heavy atom. The largest absolute Gasteiger partial charge is 0.396 e. The van der Waals surface area contributed by atoms with Gasteiger partial charge in [0.2, 0.25) is 5.91 Å². The third-order valence-electron chi connectivity index (χ3n) is 6.18. The molecule has 4 rings (SSSR count). The summed E-state index contributed by atoms with van der Waals surface area (Å²) in [5.74, 6) is 0.422. The maximum Gasteiger partial charge on any atom is 0.270 e. The fourth-order valence-corrected chi connectivity index (χ4v) is 4.63. The van der Waals surface area contributed by atoms with Gasteiger partial charge in [-0.15, -0.1) is 0 Å². The minimum Gasteiger partial charge on any atom is -0.396 e. The fourth-order valence-electron chi connectivity index (χ4n) is 4.63. The molecule has 2 aliphatic rings. The second kappa shape index (κ2) is 7.43. The number of carbonyl (C=O) groups is 2. The summed E-state index contributed by atoms with van der Waals surface area (Å²) in [6.45, 7) is 3.48. The van der Waals surface area contributed by atoms with E-state index in [-0.39, 0.29) is 36.3 Å². The van der Waals surface area contributed by atoms with Crippen LogP contribution in [0.2, 0.25) is 0 Å². The van der Waals surface area contributed by atoms with Crippen molar-refractivity contribution in [1.82, 2.24) is 19.9 Å². The van der Waals surface area contributed by atoms with E-state index in [0.29, 0.717) is 37.5 Å². The van der Waals surface area contributed by atoms with Crippen LogP contribution in [0.4, 0.5) is 0 Å². The van der Waals surface area contributed by atoms with Crippen LogP contribution < -0.4 is 0 Å². The molecule has 0 spiro atoms. The Hall–Kier alpha value is -2.61. The zero-order valence-corrected chi connectivity index (χ0v) is 16.1. The number of H-pyrrole nitrogens is 1. The van der Waals surface area contributed by atoms with Crippen LogP contribution in [0.15, 0.2) is 28.9 Å². The number of aromatic nitrogens is 2. The Balaban J connectivity index is 1.55. The monoisotopic (exact) mass is 386 g/mol. The summed E-state index contributed by atoms with van der Waals surface area (Å²) in [4.78, 5) is 32.4. The van der Waals surface area contributed by atoms with Crippen molar-refractivity contribution in [3.8, 4) is 0 Å². The molecule has 2 aliphatic heterocycles. The topological polar surface area (TPSA) is 103 Å². The number of likely N-dealkylation sites (tertiary alicyclic amines) is 2. The number of amides is 2. The summed E-state index contributed by atoms with van der Waals surface area (Å²) in [7, 11) is 0. The third-order valence-corrected chi connectivity index (χ3v) is 6.18. The Bertz CT molecular complexity index is 846. The van der Waals surface area contributed by atoms with Crippen molar-refractivity contribution in [1.29, 1.82) is 0 Å². The average Bonchev–Trinajstić information content (AvgIpc) is 3.38. The van der Waals surface area contributed by atoms with Crippen molar-refractivity contribution in [2.24, 2.45) is 5.41 Å². The first-order chi connectivity index (χ1) is 13.5.